The van der Waals surface area contributed by atoms with E-state index in [1.54, 1.807) is 33.6 Å². The Bertz CT molecular complexity index is 1830. The third kappa shape index (κ3) is 5.57. The van der Waals surface area contributed by atoms with Crippen LogP contribution in [0.4, 0.5) is 16.4 Å². The summed E-state index contributed by atoms with van der Waals surface area (Å²) >= 11 is 0. The van der Waals surface area contributed by atoms with Crippen molar-refractivity contribution in [1.82, 2.24) is 19.9 Å². The smallest absolute Gasteiger partial charge is 0.416 e. The molecule has 0 unspecified atom stereocenters. The molecule has 2 aromatic heterocycles. The fourth-order valence-electron chi connectivity index (χ4n) is 6.47. The Labute approximate surface area is 259 Å². The van der Waals surface area contributed by atoms with Crippen molar-refractivity contribution >= 4 is 34.7 Å². The first-order valence-corrected chi connectivity index (χ1v) is 15.1. The molecule has 7 rings (SSSR count). The molecule has 4 heterocycles. The van der Waals surface area contributed by atoms with Gasteiger partial charge in [-0.2, -0.15) is 0 Å². The number of ether oxygens (including phenoxy) is 3. The minimum Gasteiger partial charge on any atom is -0.497 e. The summed E-state index contributed by atoms with van der Waals surface area (Å²) in [6.07, 6.45) is 2.80. The number of rotatable bonds is 8. The maximum absolute atomic E-state index is 13.2. The molecule has 2 fully saturated rings. The normalized spacial score (nSPS) is 20.9. The summed E-state index contributed by atoms with van der Waals surface area (Å²) in [4.78, 5) is 50.9. The molecule has 0 radical (unpaired) electrons. The van der Waals surface area contributed by atoms with Gasteiger partial charge in [-0.05, 0) is 67.3 Å². The van der Waals surface area contributed by atoms with Gasteiger partial charge in [0.2, 0.25) is 0 Å². The van der Waals surface area contributed by atoms with E-state index in [9.17, 15) is 14.4 Å². The highest BCUT2D eigenvalue weighted by molar-refractivity contribution is 5.97. The van der Waals surface area contributed by atoms with Crippen LogP contribution in [0.15, 0.2) is 65.6 Å². The van der Waals surface area contributed by atoms with Gasteiger partial charge in [-0.15, -0.1) is 0 Å². The number of nitrogens with zero attached hydrogens (tertiary/aromatic N) is 5. The number of amides is 2. The second kappa shape index (κ2) is 11.8. The van der Waals surface area contributed by atoms with Gasteiger partial charge in [-0.25, -0.2) is 14.8 Å². The van der Waals surface area contributed by atoms with Crippen molar-refractivity contribution in [3.63, 3.8) is 0 Å². The van der Waals surface area contributed by atoms with Gasteiger partial charge >= 0.3 is 6.09 Å². The van der Waals surface area contributed by atoms with E-state index in [1.165, 1.54) is 6.20 Å². The molecule has 0 spiro atoms. The number of fused-ring (bicyclic) bond motifs is 3. The van der Waals surface area contributed by atoms with Crippen molar-refractivity contribution in [1.29, 1.82) is 0 Å². The van der Waals surface area contributed by atoms with Crippen LogP contribution in [0, 0.1) is 6.92 Å². The SMILES string of the molecule is COc1ccc(CN2C(=O)COc3ccc(N4C(=O)O[C@@H]5C[C@@H](NCCn6c(=O)cnc7ccc(C)cc76)CC[C@@H]54)nc32)cc1. The highest BCUT2D eigenvalue weighted by Gasteiger charge is 2.47. The summed E-state index contributed by atoms with van der Waals surface area (Å²) in [7, 11) is 1.61. The molecule has 12 heteroatoms. The van der Waals surface area contributed by atoms with Gasteiger partial charge in [-0.1, -0.05) is 18.2 Å². The second-order valence-electron chi connectivity index (χ2n) is 11.7. The van der Waals surface area contributed by atoms with E-state index in [4.69, 9.17) is 19.2 Å². The van der Waals surface area contributed by atoms with Crippen LogP contribution in [0.1, 0.15) is 30.4 Å². The van der Waals surface area contributed by atoms with Gasteiger partial charge in [0, 0.05) is 25.6 Å². The number of nitrogens with one attached hydrogen (secondary N) is 1. The number of hydrogen-bond donors (Lipinski definition) is 1. The van der Waals surface area contributed by atoms with Crippen molar-refractivity contribution in [2.24, 2.45) is 0 Å². The van der Waals surface area contributed by atoms with Gasteiger partial charge in [0.05, 0.1) is 36.9 Å². The predicted octanol–water partition coefficient (Wildman–Crippen LogP) is 3.57. The van der Waals surface area contributed by atoms with Crippen LogP contribution in [-0.4, -0.2) is 65.0 Å². The zero-order chi connectivity index (χ0) is 31.1. The number of anilines is 2. The lowest BCUT2D eigenvalue weighted by atomic mass is 9.88. The largest absolute Gasteiger partial charge is 0.497 e. The zero-order valence-corrected chi connectivity index (χ0v) is 25.1. The first-order chi connectivity index (χ1) is 21.9. The van der Waals surface area contributed by atoms with Crippen LogP contribution in [0.2, 0.25) is 0 Å². The molecule has 2 amide bonds. The summed E-state index contributed by atoms with van der Waals surface area (Å²) in [5, 5.41) is 3.57. The van der Waals surface area contributed by atoms with Crippen molar-refractivity contribution in [2.45, 2.75) is 57.5 Å². The first kappa shape index (κ1) is 28.8. The molecular weight excluding hydrogens is 576 g/mol. The van der Waals surface area contributed by atoms with Crippen molar-refractivity contribution in [3.8, 4) is 11.5 Å². The van der Waals surface area contributed by atoms with Gasteiger partial charge < -0.3 is 24.1 Å². The average Bonchev–Trinajstić information content (AvgIpc) is 3.38. The summed E-state index contributed by atoms with van der Waals surface area (Å²) in [6.45, 7) is 3.32. The highest BCUT2D eigenvalue weighted by Crippen LogP contribution is 2.39. The number of benzene rings is 2. The number of hydrogen-bond acceptors (Lipinski definition) is 9. The van der Waals surface area contributed by atoms with Crippen molar-refractivity contribution in [3.05, 3.63) is 82.3 Å². The van der Waals surface area contributed by atoms with Gasteiger partial charge in [-0.3, -0.25) is 19.4 Å². The first-order valence-electron chi connectivity index (χ1n) is 15.1. The number of aryl methyl sites for hydroxylation is 1. The molecule has 45 heavy (non-hydrogen) atoms. The molecule has 232 valence electrons. The molecule has 0 bridgehead atoms. The van der Waals surface area contributed by atoms with E-state index in [-0.39, 0.29) is 36.3 Å². The van der Waals surface area contributed by atoms with Crippen molar-refractivity contribution in [2.75, 3.05) is 30.1 Å². The lowest BCUT2D eigenvalue weighted by Gasteiger charge is -2.34. The molecule has 1 saturated heterocycles. The summed E-state index contributed by atoms with van der Waals surface area (Å²) in [6, 6.07) is 16.8. The van der Waals surface area contributed by atoms with Gasteiger partial charge in [0.15, 0.2) is 18.2 Å². The fourth-order valence-corrected chi connectivity index (χ4v) is 6.47. The van der Waals surface area contributed by atoms with E-state index in [1.807, 2.05) is 49.4 Å². The maximum atomic E-state index is 13.2. The van der Waals surface area contributed by atoms with E-state index >= 15 is 0 Å². The Hall–Kier alpha value is -4.97. The minimum atomic E-state index is -0.451. The van der Waals surface area contributed by atoms with Crippen LogP contribution in [0.5, 0.6) is 11.5 Å². The topological polar surface area (TPSA) is 128 Å². The quantitative estimate of drug-likeness (QED) is 0.318. The Morgan fingerprint density at radius 1 is 1.04 bits per heavy atom. The minimum absolute atomic E-state index is 0.0827. The average molecular weight is 611 g/mol. The van der Waals surface area contributed by atoms with E-state index in [2.05, 4.69) is 10.3 Å². The Morgan fingerprint density at radius 2 is 1.89 bits per heavy atom. The van der Waals surface area contributed by atoms with Crippen LogP contribution in [0.3, 0.4) is 0 Å². The fraction of sp³-hybridized carbons (Fsp3) is 0.364. The number of carbonyl (C=O) groups excluding carboxylic acids is 2. The third-order valence-electron chi connectivity index (χ3n) is 8.79. The molecule has 3 atom stereocenters. The molecule has 12 nitrogen and oxygen atoms in total. The summed E-state index contributed by atoms with van der Waals surface area (Å²) in [5.41, 5.74) is 3.45. The summed E-state index contributed by atoms with van der Waals surface area (Å²) in [5.74, 6) is 1.80. The maximum Gasteiger partial charge on any atom is 0.416 e. The summed E-state index contributed by atoms with van der Waals surface area (Å²) < 4.78 is 18.5. The Kier molecular flexibility index (Phi) is 7.58. The standard InChI is InChI=1S/C33H34N6O6/c1-20-3-9-24-26(15-20)37(30(40)17-35-24)14-13-34-22-6-10-25-28(16-22)45-33(42)39(25)29-12-11-27-32(36-29)38(31(41)19-44-27)18-21-4-7-23(43-2)8-5-21/h3-5,7-9,11-12,15,17,22,25,28,34H,6,10,13-14,16,18-19H2,1-2H3/t22-,25-,28+/m0/s1. The molecule has 4 aromatic rings. The number of methoxy groups -OCH3 is 1. The molecule has 3 aliphatic rings. The molecule has 1 aliphatic carbocycles. The number of carbonyl (C=O) groups is 2. The molecular formula is C33H34N6O6. The van der Waals surface area contributed by atoms with Crippen LogP contribution >= 0.6 is 0 Å². The lowest BCUT2D eigenvalue weighted by Crippen LogP contribution is -2.47. The highest BCUT2D eigenvalue weighted by atomic mass is 16.6. The lowest BCUT2D eigenvalue weighted by molar-refractivity contribution is -0.121. The van der Waals surface area contributed by atoms with E-state index in [0.29, 0.717) is 43.4 Å². The van der Waals surface area contributed by atoms with E-state index in [0.717, 1.165) is 40.8 Å². The number of pyridine rings is 1. The Morgan fingerprint density at radius 3 is 2.71 bits per heavy atom. The number of aromatic nitrogens is 3. The zero-order valence-electron chi connectivity index (χ0n) is 25.1. The molecule has 2 aliphatic heterocycles. The molecule has 2 aromatic carbocycles. The van der Waals surface area contributed by atoms with Crippen LogP contribution in [0.25, 0.3) is 11.0 Å². The monoisotopic (exact) mass is 610 g/mol. The van der Waals surface area contributed by atoms with Gasteiger partial charge in [0.25, 0.3) is 11.5 Å². The van der Waals surface area contributed by atoms with Crippen molar-refractivity contribution < 1.29 is 23.8 Å². The predicted molar refractivity (Wildman–Crippen MR) is 167 cm³/mol. The van der Waals surface area contributed by atoms with E-state index < -0.39 is 6.09 Å². The molecule has 1 N–H and O–H groups in total. The van der Waals surface area contributed by atoms with Crippen LogP contribution in [-0.2, 0) is 22.6 Å². The van der Waals surface area contributed by atoms with Crippen LogP contribution < -0.4 is 30.1 Å². The second-order valence-corrected chi connectivity index (χ2v) is 11.7. The molecule has 1 saturated carbocycles. The van der Waals surface area contributed by atoms with Gasteiger partial charge in [0.1, 0.15) is 17.7 Å². The third-order valence-corrected chi connectivity index (χ3v) is 8.79. The Balaban J connectivity index is 1.03.